The third-order valence-electron chi connectivity index (χ3n) is 8.41. The molecule has 0 aliphatic carbocycles. The number of carbonyl (C=O) groups excluding carboxylic acids is 2. The third kappa shape index (κ3) is 5.56. The van der Waals surface area contributed by atoms with Gasteiger partial charge in [0.2, 0.25) is 16.8 Å². The summed E-state index contributed by atoms with van der Waals surface area (Å²) >= 11 is 2.86. The van der Waals surface area contributed by atoms with E-state index in [0.29, 0.717) is 48.2 Å². The Labute approximate surface area is 263 Å². The number of thiazole rings is 1. The Kier molecular flexibility index (Phi) is 8.38. The highest BCUT2D eigenvalue weighted by Crippen LogP contribution is 2.39. The first-order valence-corrected chi connectivity index (χ1v) is 16.4. The summed E-state index contributed by atoms with van der Waals surface area (Å²) in [7, 11) is 3.54. The zero-order chi connectivity index (χ0) is 31.1. The van der Waals surface area contributed by atoms with Crippen molar-refractivity contribution in [1.82, 2.24) is 34.7 Å². The van der Waals surface area contributed by atoms with Gasteiger partial charge in [-0.3, -0.25) is 14.5 Å². The molecule has 44 heavy (non-hydrogen) atoms. The van der Waals surface area contributed by atoms with E-state index in [2.05, 4.69) is 18.3 Å². The zero-order valence-electron chi connectivity index (χ0n) is 25.1. The summed E-state index contributed by atoms with van der Waals surface area (Å²) in [5.41, 5.74) is 3.58. The van der Waals surface area contributed by atoms with Crippen LogP contribution < -0.4 is 10.2 Å². The number of rotatable bonds is 8. The molecule has 0 bridgehead atoms. The highest BCUT2D eigenvalue weighted by atomic mass is 32.1. The van der Waals surface area contributed by atoms with Crippen molar-refractivity contribution in [2.45, 2.75) is 51.2 Å². The normalized spacial score (nSPS) is 19.1. The average Bonchev–Trinajstić information content (AvgIpc) is 3.72. The van der Waals surface area contributed by atoms with E-state index < -0.39 is 12.1 Å². The number of fused-ring (bicyclic) bond motifs is 1. The number of likely N-dealkylation sites (tertiary alicyclic amines) is 2. The van der Waals surface area contributed by atoms with Crippen molar-refractivity contribution in [2.75, 3.05) is 45.2 Å². The first-order valence-electron chi connectivity index (χ1n) is 14.7. The Morgan fingerprint density at radius 2 is 1.95 bits per heavy atom. The summed E-state index contributed by atoms with van der Waals surface area (Å²) in [4.78, 5) is 42.3. The number of nitriles is 1. The molecule has 0 saturated carbocycles. The number of benzene rings is 1. The average molecular weight is 634 g/mol. The third-order valence-corrected chi connectivity index (χ3v) is 10.5. The van der Waals surface area contributed by atoms with Crippen LogP contribution in [0.1, 0.15) is 46.8 Å². The summed E-state index contributed by atoms with van der Waals surface area (Å²) < 4.78 is 1.86. The van der Waals surface area contributed by atoms with Gasteiger partial charge in [0.25, 0.3) is 0 Å². The molecule has 2 atom stereocenters. The molecule has 12 nitrogen and oxygen atoms in total. The number of carbonyl (C=O) groups is 2. The van der Waals surface area contributed by atoms with Crippen LogP contribution in [-0.4, -0.2) is 98.7 Å². The number of nitrogens with one attached hydrogen (secondary N) is 1. The highest BCUT2D eigenvalue weighted by molar-refractivity contribution is 7.17. The Bertz CT molecular complexity index is 1730. The van der Waals surface area contributed by atoms with Crippen LogP contribution in [0.2, 0.25) is 0 Å². The number of β-amino-alcohol motifs (C(OH)–C–C–N with tert-alkyl or cyclic N) is 1. The Hall–Kier alpha value is -3.90. The van der Waals surface area contributed by atoms with Crippen molar-refractivity contribution in [2.24, 2.45) is 0 Å². The van der Waals surface area contributed by atoms with Crippen molar-refractivity contribution in [1.29, 1.82) is 5.26 Å². The number of imidazole rings is 1. The fraction of sp³-hybridized carbons (Fsp3) is 0.467. The van der Waals surface area contributed by atoms with Gasteiger partial charge in [-0.15, -0.1) is 0 Å². The second-order valence-corrected chi connectivity index (χ2v) is 13.3. The zero-order valence-corrected chi connectivity index (χ0v) is 26.8. The van der Waals surface area contributed by atoms with E-state index in [1.807, 2.05) is 52.6 Å². The Balaban J connectivity index is 1.26. The fourth-order valence-corrected chi connectivity index (χ4v) is 7.77. The number of aromatic nitrogens is 4. The van der Waals surface area contributed by atoms with Crippen LogP contribution in [0.25, 0.3) is 16.2 Å². The maximum absolute atomic E-state index is 12.9. The number of hydrogen-bond donors (Lipinski definition) is 2. The first-order chi connectivity index (χ1) is 21.2. The number of amides is 2. The number of nitrogens with zero attached hydrogens (tertiary/aromatic N) is 8. The lowest BCUT2D eigenvalue weighted by Gasteiger charge is -2.41. The molecule has 3 aromatic heterocycles. The minimum Gasteiger partial charge on any atom is -0.389 e. The van der Waals surface area contributed by atoms with E-state index in [-0.39, 0.29) is 24.3 Å². The molecule has 1 unspecified atom stereocenters. The lowest BCUT2D eigenvalue weighted by atomic mass is 9.90. The van der Waals surface area contributed by atoms with Gasteiger partial charge in [0.15, 0.2) is 10.9 Å². The van der Waals surface area contributed by atoms with Crippen LogP contribution in [0.3, 0.4) is 0 Å². The second kappa shape index (κ2) is 12.2. The number of aliphatic hydroxyl groups is 1. The van der Waals surface area contributed by atoms with Crippen LogP contribution in [0, 0.1) is 18.3 Å². The molecule has 1 aromatic carbocycles. The predicted octanol–water partition coefficient (Wildman–Crippen LogP) is 2.92. The van der Waals surface area contributed by atoms with Crippen molar-refractivity contribution in [3.63, 3.8) is 0 Å². The molecule has 5 heterocycles. The van der Waals surface area contributed by atoms with Gasteiger partial charge < -0.3 is 20.2 Å². The molecule has 2 amide bonds. The predicted molar refractivity (Wildman–Crippen MR) is 169 cm³/mol. The molecule has 0 radical (unpaired) electrons. The molecule has 0 spiro atoms. The van der Waals surface area contributed by atoms with Gasteiger partial charge in [-0.05, 0) is 26.2 Å². The minimum atomic E-state index is -0.460. The van der Waals surface area contributed by atoms with Crippen LogP contribution in [0.5, 0.6) is 0 Å². The summed E-state index contributed by atoms with van der Waals surface area (Å²) in [5, 5.41) is 28.8. The molecule has 230 valence electrons. The van der Waals surface area contributed by atoms with E-state index in [9.17, 15) is 20.0 Å². The topological polar surface area (TPSA) is 143 Å². The van der Waals surface area contributed by atoms with Gasteiger partial charge in [0.05, 0.1) is 24.4 Å². The van der Waals surface area contributed by atoms with Crippen molar-refractivity contribution >= 4 is 50.4 Å². The Morgan fingerprint density at radius 3 is 2.61 bits per heavy atom. The lowest BCUT2D eigenvalue weighted by molar-refractivity contribution is -0.144. The number of piperidine rings is 1. The molecule has 6 rings (SSSR count). The standard InChI is InChI=1S/C30H35N9O3S2/c1-5-21-28(36(4)29-34-25(23(13-31)43-29)18-8-6-17(2)7-9-18)39-30(33-21)44-27(35-39)19-10-11-37(22(12-19)26(42)32-3)16-24(41)38-14-20(40)15-38/h6-9,19-20,22,40H,5,10-12,14-16H2,1-4H3,(H,32,42)/t19?,22-/m1/s1. The van der Waals surface area contributed by atoms with Gasteiger partial charge >= 0.3 is 0 Å². The molecule has 2 saturated heterocycles. The van der Waals surface area contributed by atoms with Crippen molar-refractivity contribution < 1.29 is 14.7 Å². The van der Waals surface area contributed by atoms with E-state index in [1.54, 1.807) is 11.9 Å². The number of likely N-dealkylation sites (N-methyl/N-ethyl adjacent to an activating group) is 1. The second-order valence-electron chi connectivity index (χ2n) is 11.4. The summed E-state index contributed by atoms with van der Waals surface area (Å²) in [6.45, 7) is 5.51. The summed E-state index contributed by atoms with van der Waals surface area (Å²) in [5.74, 6) is 0.647. The van der Waals surface area contributed by atoms with Crippen LogP contribution in [-0.2, 0) is 16.0 Å². The van der Waals surface area contributed by atoms with E-state index >= 15 is 0 Å². The van der Waals surface area contributed by atoms with Crippen LogP contribution in [0.4, 0.5) is 10.9 Å². The molecular weight excluding hydrogens is 599 g/mol. The molecule has 2 aliphatic rings. The first kappa shape index (κ1) is 30.1. The summed E-state index contributed by atoms with van der Waals surface area (Å²) in [6, 6.07) is 9.85. The number of anilines is 2. The number of aliphatic hydroxyl groups excluding tert-OH is 1. The van der Waals surface area contributed by atoms with Crippen molar-refractivity contribution in [3.05, 3.63) is 45.4 Å². The van der Waals surface area contributed by atoms with E-state index in [4.69, 9.17) is 15.1 Å². The lowest BCUT2D eigenvalue weighted by Crippen LogP contribution is -2.58. The van der Waals surface area contributed by atoms with Gasteiger partial charge in [-0.2, -0.15) is 14.9 Å². The molecule has 4 aromatic rings. The maximum atomic E-state index is 12.9. The minimum absolute atomic E-state index is 0.0302. The Morgan fingerprint density at radius 1 is 1.20 bits per heavy atom. The van der Waals surface area contributed by atoms with Gasteiger partial charge in [0.1, 0.15) is 21.6 Å². The highest BCUT2D eigenvalue weighted by Gasteiger charge is 2.38. The van der Waals surface area contributed by atoms with Gasteiger partial charge in [-0.25, -0.2) is 9.97 Å². The van der Waals surface area contributed by atoms with Crippen molar-refractivity contribution in [3.8, 4) is 17.3 Å². The van der Waals surface area contributed by atoms with E-state index in [0.717, 1.165) is 39.0 Å². The molecule has 2 N–H and O–H groups in total. The molecule has 2 aliphatic heterocycles. The van der Waals surface area contributed by atoms with Gasteiger partial charge in [0, 0.05) is 45.2 Å². The van der Waals surface area contributed by atoms with E-state index in [1.165, 1.54) is 22.7 Å². The summed E-state index contributed by atoms with van der Waals surface area (Å²) in [6.07, 6.45) is 1.53. The van der Waals surface area contributed by atoms with Crippen LogP contribution in [0.15, 0.2) is 24.3 Å². The smallest absolute Gasteiger partial charge is 0.237 e. The SMILES string of the molecule is CCc1nc2sc(C3CCN(CC(=O)N4CC(O)C4)[C@@H](C(=O)NC)C3)nn2c1N(C)c1nc(-c2ccc(C)cc2)c(C#N)s1. The molecular formula is C30H35N9O3S2. The maximum Gasteiger partial charge on any atom is 0.237 e. The largest absolute Gasteiger partial charge is 0.389 e. The monoisotopic (exact) mass is 633 g/mol. The molecule has 14 heteroatoms. The number of hydrogen-bond acceptors (Lipinski definition) is 11. The van der Waals surface area contributed by atoms with Gasteiger partial charge in [-0.1, -0.05) is 59.4 Å². The number of aryl methyl sites for hydroxylation is 2. The molecule has 2 fully saturated rings. The fourth-order valence-electron chi connectivity index (χ4n) is 5.86. The quantitative estimate of drug-likeness (QED) is 0.299. The van der Waals surface area contributed by atoms with Crippen LogP contribution >= 0.6 is 22.7 Å².